The number of nitrogens with one attached hydrogen (secondary N) is 1. The van der Waals surface area contributed by atoms with Crippen molar-refractivity contribution in [3.05, 3.63) is 30.1 Å². The van der Waals surface area contributed by atoms with Crippen molar-refractivity contribution in [1.29, 1.82) is 0 Å². The highest BCUT2D eigenvalue weighted by atomic mass is 15.1. The van der Waals surface area contributed by atoms with Gasteiger partial charge in [-0.1, -0.05) is 5.92 Å². The van der Waals surface area contributed by atoms with Gasteiger partial charge in [-0.2, -0.15) is 0 Å². The van der Waals surface area contributed by atoms with E-state index in [2.05, 4.69) is 40.2 Å². The molecule has 0 aliphatic carbocycles. The zero-order valence-electron chi connectivity index (χ0n) is 11.0. The smallest absolute Gasteiger partial charge is 0.0598 e. The summed E-state index contributed by atoms with van der Waals surface area (Å²) < 4.78 is 0. The molecule has 1 saturated heterocycles. The summed E-state index contributed by atoms with van der Waals surface area (Å²) in [4.78, 5) is 6.39. The average molecular weight is 243 g/mol. The number of hydrogen-bond acceptors (Lipinski definition) is 3. The Balaban J connectivity index is 1.80. The molecule has 0 spiro atoms. The van der Waals surface area contributed by atoms with Gasteiger partial charge in [0.25, 0.3) is 0 Å². The summed E-state index contributed by atoms with van der Waals surface area (Å²) >= 11 is 0. The van der Waals surface area contributed by atoms with Gasteiger partial charge in [0, 0.05) is 37.6 Å². The molecule has 0 aromatic carbocycles. The van der Waals surface area contributed by atoms with Gasteiger partial charge in [-0.25, -0.2) is 0 Å². The second-order valence-corrected chi connectivity index (χ2v) is 4.92. The maximum absolute atomic E-state index is 5.34. The molecule has 1 unspecified atom stereocenters. The largest absolute Gasteiger partial charge is 0.307 e. The quantitative estimate of drug-likeness (QED) is 0.818. The van der Waals surface area contributed by atoms with Crippen LogP contribution in [0.4, 0.5) is 0 Å². The van der Waals surface area contributed by atoms with E-state index in [0.29, 0.717) is 12.1 Å². The molecular weight excluding hydrogens is 222 g/mol. The van der Waals surface area contributed by atoms with Gasteiger partial charge in [0.2, 0.25) is 0 Å². The predicted molar refractivity (Wildman–Crippen MR) is 74.1 cm³/mol. The summed E-state index contributed by atoms with van der Waals surface area (Å²) in [5, 5.41) is 3.69. The number of terminal acetylenes is 1. The topological polar surface area (TPSA) is 28.2 Å². The Morgan fingerprint density at radius 2 is 2.11 bits per heavy atom. The van der Waals surface area contributed by atoms with Gasteiger partial charge >= 0.3 is 0 Å². The van der Waals surface area contributed by atoms with E-state index in [1.165, 1.54) is 18.4 Å². The summed E-state index contributed by atoms with van der Waals surface area (Å²) in [7, 11) is 0. The second kappa shape index (κ2) is 6.53. The highest BCUT2D eigenvalue weighted by molar-refractivity contribution is 5.14. The van der Waals surface area contributed by atoms with E-state index in [4.69, 9.17) is 6.42 Å². The van der Waals surface area contributed by atoms with Crippen molar-refractivity contribution in [2.24, 2.45) is 0 Å². The van der Waals surface area contributed by atoms with Crippen molar-refractivity contribution in [3.8, 4) is 12.3 Å². The van der Waals surface area contributed by atoms with Crippen molar-refractivity contribution >= 4 is 0 Å². The first-order valence-corrected chi connectivity index (χ1v) is 6.61. The molecule has 1 fully saturated rings. The average Bonchev–Trinajstić information content (AvgIpc) is 2.42. The van der Waals surface area contributed by atoms with Crippen LogP contribution in [0.2, 0.25) is 0 Å². The molecule has 3 heteroatoms. The molecule has 0 saturated carbocycles. The minimum atomic E-state index is 0.386. The van der Waals surface area contributed by atoms with Gasteiger partial charge in [0.15, 0.2) is 0 Å². The maximum atomic E-state index is 5.34. The predicted octanol–water partition coefficient (Wildman–Crippen LogP) is 1.83. The molecule has 0 amide bonds. The second-order valence-electron chi connectivity index (χ2n) is 4.92. The SMILES string of the molecule is C#CCN1CCC(NC(C)c2ccncc2)CC1. The maximum Gasteiger partial charge on any atom is 0.0598 e. The number of aromatic nitrogens is 1. The molecule has 1 aromatic heterocycles. The van der Waals surface area contributed by atoms with E-state index in [1.807, 2.05) is 12.4 Å². The van der Waals surface area contributed by atoms with Crippen LogP contribution in [0, 0.1) is 12.3 Å². The number of likely N-dealkylation sites (tertiary alicyclic amines) is 1. The van der Waals surface area contributed by atoms with Crippen LogP contribution < -0.4 is 5.32 Å². The minimum absolute atomic E-state index is 0.386. The van der Waals surface area contributed by atoms with E-state index in [-0.39, 0.29) is 0 Å². The first-order chi connectivity index (χ1) is 8.79. The first kappa shape index (κ1) is 13.1. The third kappa shape index (κ3) is 3.56. The summed E-state index contributed by atoms with van der Waals surface area (Å²) in [5.74, 6) is 2.72. The fraction of sp³-hybridized carbons (Fsp3) is 0.533. The first-order valence-electron chi connectivity index (χ1n) is 6.61. The van der Waals surface area contributed by atoms with Crippen molar-refractivity contribution < 1.29 is 0 Å². The van der Waals surface area contributed by atoms with Gasteiger partial charge in [0.1, 0.15) is 0 Å². The molecule has 0 bridgehead atoms. The van der Waals surface area contributed by atoms with Gasteiger partial charge in [0.05, 0.1) is 6.54 Å². The van der Waals surface area contributed by atoms with Crippen molar-refractivity contribution in [1.82, 2.24) is 15.2 Å². The lowest BCUT2D eigenvalue weighted by Crippen LogP contribution is -2.43. The molecule has 18 heavy (non-hydrogen) atoms. The number of rotatable bonds is 4. The Kier molecular flexibility index (Phi) is 4.74. The molecule has 2 heterocycles. The van der Waals surface area contributed by atoms with Gasteiger partial charge in [-0.05, 0) is 37.5 Å². The molecule has 1 atom stereocenters. The van der Waals surface area contributed by atoms with E-state index in [9.17, 15) is 0 Å². The summed E-state index contributed by atoms with van der Waals surface area (Å²) in [5.41, 5.74) is 1.30. The van der Waals surface area contributed by atoms with Crippen LogP contribution in [0.3, 0.4) is 0 Å². The number of pyridine rings is 1. The number of hydrogen-bond donors (Lipinski definition) is 1. The highest BCUT2D eigenvalue weighted by Crippen LogP contribution is 2.16. The van der Waals surface area contributed by atoms with Crippen molar-refractivity contribution in [2.45, 2.75) is 31.8 Å². The van der Waals surface area contributed by atoms with Crippen molar-refractivity contribution in [3.63, 3.8) is 0 Å². The van der Waals surface area contributed by atoms with E-state index in [1.54, 1.807) is 0 Å². The lowest BCUT2D eigenvalue weighted by atomic mass is 10.0. The molecular formula is C15H21N3. The van der Waals surface area contributed by atoms with Crippen LogP contribution in [0.5, 0.6) is 0 Å². The van der Waals surface area contributed by atoms with Crippen LogP contribution >= 0.6 is 0 Å². The lowest BCUT2D eigenvalue weighted by molar-refractivity contribution is 0.211. The fourth-order valence-corrected chi connectivity index (χ4v) is 2.49. The Hall–Kier alpha value is -1.37. The van der Waals surface area contributed by atoms with Crippen LogP contribution in [0.25, 0.3) is 0 Å². The van der Waals surface area contributed by atoms with Crippen LogP contribution in [0.1, 0.15) is 31.4 Å². The van der Waals surface area contributed by atoms with Gasteiger partial charge in [-0.15, -0.1) is 6.42 Å². The number of piperidine rings is 1. The van der Waals surface area contributed by atoms with Gasteiger partial charge in [-0.3, -0.25) is 9.88 Å². The summed E-state index contributed by atoms with van der Waals surface area (Å²) in [6.45, 7) is 5.20. The Bertz CT molecular complexity index is 388. The van der Waals surface area contributed by atoms with E-state index in [0.717, 1.165) is 19.6 Å². The van der Waals surface area contributed by atoms with Crippen LogP contribution in [0.15, 0.2) is 24.5 Å². The Labute approximate surface area is 110 Å². The molecule has 96 valence electrons. The molecule has 0 radical (unpaired) electrons. The highest BCUT2D eigenvalue weighted by Gasteiger charge is 2.20. The zero-order chi connectivity index (χ0) is 12.8. The Morgan fingerprint density at radius 1 is 1.44 bits per heavy atom. The third-order valence-corrected chi connectivity index (χ3v) is 3.59. The van der Waals surface area contributed by atoms with Crippen molar-refractivity contribution in [2.75, 3.05) is 19.6 Å². The van der Waals surface area contributed by atoms with Crippen LogP contribution in [-0.2, 0) is 0 Å². The van der Waals surface area contributed by atoms with Gasteiger partial charge < -0.3 is 5.32 Å². The minimum Gasteiger partial charge on any atom is -0.307 e. The van der Waals surface area contributed by atoms with E-state index >= 15 is 0 Å². The zero-order valence-corrected chi connectivity index (χ0v) is 11.0. The molecule has 1 aliphatic rings. The standard InChI is InChI=1S/C15H21N3/c1-3-10-18-11-6-15(7-12-18)17-13(2)14-4-8-16-9-5-14/h1,4-5,8-9,13,15,17H,6-7,10-12H2,2H3. The molecule has 3 nitrogen and oxygen atoms in total. The Morgan fingerprint density at radius 3 is 2.72 bits per heavy atom. The molecule has 1 N–H and O–H groups in total. The molecule has 1 aromatic rings. The fourth-order valence-electron chi connectivity index (χ4n) is 2.49. The van der Waals surface area contributed by atoms with E-state index < -0.39 is 0 Å². The summed E-state index contributed by atoms with van der Waals surface area (Å²) in [6.07, 6.45) is 11.4. The lowest BCUT2D eigenvalue weighted by Gasteiger charge is -2.33. The van der Waals surface area contributed by atoms with Crippen LogP contribution in [-0.4, -0.2) is 35.6 Å². The monoisotopic (exact) mass is 243 g/mol. The third-order valence-electron chi connectivity index (χ3n) is 3.59. The molecule has 1 aliphatic heterocycles. The number of nitrogens with zero attached hydrogens (tertiary/aromatic N) is 2. The summed E-state index contributed by atoms with van der Waals surface area (Å²) in [6, 6.07) is 5.13. The molecule has 2 rings (SSSR count). The normalized spacial score (nSPS) is 19.3.